The fraction of sp³-hybridized carbons (Fsp3) is 0.789. The van der Waals surface area contributed by atoms with E-state index >= 15 is 0 Å². The van der Waals surface area contributed by atoms with Gasteiger partial charge in [-0.15, -0.1) is 0 Å². The van der Waals surface area contributed by atoms with Crippen molar-refractivity contribution < 1.29 is 9.32 Å². The van der Waals surface area contributed by atoms with Crippen LogP contribution in [0.5, 0.6) is 0 Å². The van der Waals surface area contributed by atoms with E-state index in [1.807, 2.05) is 0 Å². The van der Waals surface area contributed by atoms with Crippen LogP contribution in [0.2, 0.25) is 0 Å². The van der Waals surface area contributed by atoms with Crippen molar-refractivity contribution in [2.45, 2.75) is 77.8 Å². The van der Waals surface area contributed by atoms with Crippen LogP contribution in [0, 0.1) is 5.92 Å². The van der Waals surface area contributed by atoms with E-state index in [9.17, 15) is 4.79 Å². The average Bonchev–Trinajstić information content (AvgIpc) is 2.98. The molecular weight excluding hydrogens is 302 g/mol. The zero-order chi connectivity index (χ0) is 16.9. The zero-order valence-electron chi connectivity index (χ0n) is 15.1. The molecular formula is C19H31N3O2. The summed E-state index contributed by atoms with van der Waals surface area (Å²) in [5.41, 5.74) is 2.44. The van der Waals surface area contributed by atoms with E-state index in [1.54, 1.807) is 0 Å². The molecule has 0 radical (unpaired) electrons. The summed E-state index contributed by atoms with van der Waals surface area (Å²) in [6, 6.07) is 0.278. The topological polar surface area (TPSA) is 58.4 Å². The predicted molar refractivity (Wildman–Crippen MR) is 93.7 cm³/mol. The Hall–Kier alpha value is -1.36. The molecule has 2 aliphatic rings. The number of fused-ring (bicyclic) bond motifs is 1. The highest BCUT2D eigenvalue weighted by Gasteiger charge is 2.28. The van der Waals surface area contributed by atoms with Crippen LogP contribution in [0.15, 0.2) is 4.52 Å². The molecule has 1 aromatic rings. The zero-order valence-corrected chi connectivity index (χ0v) is 15.1. The molecule has 1 amide bonds. The lowest BCUT2D eigenvalue weighted by Gasteiger charge is -2.32. The number of carbonyl (C=O) groups is 1. The lowest BCUT2D eigenvalue weighted by atomic mass is 9.94. The van der Waals surface area contributed by atoms with Gasteiger partial charge in [0, 0.05) is 31.1 Å². The number of amides is 1. The van der Waals surface area contributed by atoms with Gasteiger partial charge in [0.25, 0.3) is 0 Å². The van der Waals surface area contributed by atoms with Crippen molar-refractivity contribution in [3.8, 4) is 0 Å². The number of aromatic nitrogens is 1. The van der Waals surface area contributed by atoms with Crippen LogP contribution >= 0.6 is 0 Å². The summed E-state index contributed by atoms with van der Waals surface area (Å²) in [7, 11) is 0. The molecule has 1 aromatic heterocycles. The van der Waals surface area contributed by atoms with Gasteiger partial charge in [-0.3, -0.25) is 9.69 Å². The molecule has 0 saturated carbocycles. The number of piperidine rings is 1. The van der Waals surface area contributed by atoms with Crippen LogP contribution in [-0.4, -0.2) is 35.1 Å². The summed E-state index contributed by atoms with van der Waals surface area (Å²) in [5.74, 6) is 1.43. The molecule has 0 spiro atoms. The molecule has 0 bridgehead atoms. The van der Waals surface area contributed by atoms with E-state index in [1.165, 1.54) is 18.4 Å². The molecule has 24 heavy (non-hydrogen) atoms. The normalized spacial score (nSPS) is 22.8. The van der Waals surface area contributed by atoms with Crippen LogP contribution in [0.3, 0.4) is 0 Å². The molecule has 2 atom stereocenters. The molecule has 5 nitrogen and oxygen atoms in total. The molecule has 1 saturated heterocycles. The van der Waals surface area contributed by atoms with Crippen molar-refractivity contribution in [3.63, 3.8) is 0 Å². The van der Waals surface area contributed by atoms with Gasteiger partial charge in [-0.1, -0.05) is 18.5 Å². The summed E-state index contributed by atoms with van der Waals surface area (Å²) in [6.07, 6.45) is 8.81. The number of nitrogens with zero attached hydrogens (tertiary/aromatic N) is 2. The number of aryl methyl sites for hydroxylation is 1. The Bertz CT molecular complexity index is 555. The van der Waals surface area contributed by atoms with Crippen LogP contribution in [-0.2, 0) is 24.2 Å². The molecule has 134 valence electrons. The summed E-state index contributed by atoms with van der Waals surface area (Å²) < 4.78 is 5.53. The number of carbonyl (C=O) groups excluding carboxylic acids is 1. The fourth-order valence-corrected chi connectivity index (χ4v) is 4.06. The van der Waals surface area contributed by atoms with Crippen molar-refractivity contribution in [3.05, 3.63) is 17.0 Å². The van der Waals surface area contributed by atoms with Gasteiger partial charge in [0.05, 0.1) is 5.92 Å². The molecule has 1 fully saturated rings. The van der Waals surface area contributed by atoms with E-state index < -0.39 is 0 Å². The second kappa shape index (κ2) is 8.15. The van der Waals surface area contributed by atoms with Gasteiger partial charge in [0.1, 0.15) is 11.5 Å². The highest BCUT2D eigenvalue weighted by molar-refractivity contribution is 5.79. The van der Waals surface area contributed by atoms with Crippen molar-refractivity contribution in [1.82, 2.24) is 15.4 Å². The van der Waals surface area contributed by atoms with Gasteiger partial charge in [0.2, 0.25) is 5.91 Å². The Labute approximate surface area is 145 Å². The Kier molecular flexibility index (Phi) is 5.93. The highest BCUT2D eigenvalue weighted by Crippen LogP contribution is 2.26. The largest absolute Gasteiger partial charge is 0.361 e. The standard InChI is InChI=1S/C19H31N3O2/c1-3-7-14(2)20-19(23)15-8-6-11-22(12-15)13-17-16-9-4-5-10-18(16)24-21-17/h14-15H,3-13H2,1-2H3,(H,20,23)/t14-,15-/m0/s1. The predicted octanol–water partition coefficient (Wildman–Crippen LogP) is 3.07. The van der Waals surface area contributed by atoms with Crippen molar-refractivity contribution in [2.75, 3.05) is 13.1 Å². The molecule has 1 aliphatic heterocycles. The maximum absolute atomic E-state index is 12.5. The Morgan fingerprint density at radius 3 is 3.04 bits per heavy atom. The van der Waals surface area contributed by atoms with Crippen LogP contribution < -0.4 is 5.32 Å². The Morgan fingerprint density at radius 1 is 1.38 bits per heavy atom. The van der Waals surface area contributed by atoms with Gasteiger partial charge in [-0.25, -0.2) is 0 Å². The van der Waals surface area contributed by atoms with E-state index in [4.69, 9.17) is 4.52 Å². The molecule has 1 N–H and O–H groups in total. The average molecular weight is 333 g/mol. The molecule has 0 aromatic carbocycles. The van der Waals surface area contributed by atoms with Crippen molar-refractivity contribution in [2.24, 2.45) is 5.92 Å². The first kappa shape index (κ1) is 17.5. The van der Waals surface area contributed by atoms with Gasteiger partial charge in [0.15, 0.2) is 0 Å². The minimum Gasteiger partial charge on any atom is -0.361 e. The first-order valence-electron chi connectivity index (χ1n) is 9.66. The lowest BCUT2D eigenvalue weighted by molar-refractivity contribution is -0.127. The summed E-state index contributed by atoms with van der Waals surface area (Å²) >= 11 is 0. The Morgan fingerprint density at radius 2 is 2.21 bits per heavy atom. The number of hydrogen-bond donors (Lipinski definition) is 1. The third kappa shape index (κ3) is 4.18. The smallest absolute Gasteiger partial charge is 0.224 e. The molecule has 5 heteroatoms. The molecule has 2 heterocycles. The second-order valence-electron chi connectivity index (χ2n) is 7.51. The third-order valence-electron chi connectivity index (χ3n) is 5.39. The number of likely N-dealkylation sites (tertiary alicyclic amines) is 1. The highest BCUT2D eigenvalue weighted by atomic mass is 16.5. The first-order valence-corrected chi connectivity index (χ1v) is 9.66. The maximum atomic E-state index is 12.5. The minimum atomic E-state index is 0.112. The quantitative estimate of drug-likeness (QED) is 0.869. The van der Waals surface area contributed by atoms with E-state index in [-0.39, 0.29) is 17.9 Å². The summed E-state index contributed by atoms with van der Waals surface area (Å²) in [4.78, 5) is 14.9. The lowest BCUT2D eigenvalue weighted by Crippen LogP contribution is -2.45. The SMILES string of the molecule is CCC[C@H](C)NC(=O)[C@H]1CCCN(Cc2noc3c2CCCC3)C1. The third-order valence-corrected chi connectivity index (χ3v) is 5.39. The number of nitrogens with one attached hydrogen (secondary N) is 1. The van der Waals surface area contributed by atoms with Gasteiger partial charge >= 0.3 is 0 Å². The van der Waals surface area contributed by atoms with Crippen molar-refractivity contribution >= 4 is 5.91 Å². The van der Waals surface area contributed by atoms with Gasteiger partial charge in [-0.05, 0) is 52.0 Å². The van der Waals surface area contributed by atoms with E-state index in [2.05, 4.69) is 29.2 Å². The van der Waals surface area contributed by atoms with Crippen LogP contribution in [0.1, 0.15) is 69.4 Å². The molecule has 3 rings (SSSR count). The fourth-order valence-electron chi connectivity index (χ4n) is 4.06. The number of rotatable bonds is 6. The molecule has 1 aliphatic carbocycles. The first-order chi connectivity index (χ1) is 11.7. The molecule has 0 unspecified atom stereocenters. The second-order valence-corrected chi connectivity index (χ2v) is 7.51. The van der Waals surface area contributed by atoms with Gasteiger partial charge < -0.3 is 9.84 Å². The van der Waals surface area contributed by atoms with Crippen LogP contribution in [0.25, 0.3) is 0 Å². The summed E-state index contributed by atoms with van der Waals surface area (Å²) in [6.45, 7) is 6.97. The van der Waals surface area contributed by atoms with E-state index in [0.717, 1.165) is 69.6 Å². The van der Waals surface area contributed by atoms with Crippen LogP contribution in [0.4, 0.5) is 0 Å². The maximum Gasteiger partial charge on any atom is 0.224 e. The Balaban J connectivity index is 1.56. The summed E-state index contributed by atoms with van der Waals surface area (Å²) in [5, 5.41) is 7.50. The van der Waals surface area contributed by atoms with Crippen molar-refractivity contribution in [1.29, 1.82) is 0 Å². The number of hydrogen-bond acceptors (Lipinski definition) is 4. The van der Waals surface area contributed by atoms with E-state index in [0.29, 0.717) is 0 Å². The monoisotopic (exact) mass is 333 g/mol. The van der Waals surface area contributed by atoms with Gasteiger partial charge in [-0.2, -0.15) is 0 Å². The minimum absolute atomic E-state index is 0.112.